The van der Waals surface area contributed by atoms with Crippen LogP contribution in [0.1, 0.15) is 23.8 Å². The molecule has 0 saturated carbocycles. The molecule has 17 heteroatoms. The lowest BCUT2D eigenvalue weighted by Crippen LogP contribution is -2.38. The van der Waals surface area contributed by atoms with Gasteiger partial charge in [-0.1, -0.05) is 0 Å². The first-order valence-electron chi connectivity index (χ1n) is 11.2. The monoisotopic (exact) mass is 544 g/mol. The van der Waals surface area contributed by atoms with Crippen molar-refractivity contribution in [2.24, 2.45) is 0 Å². The van der Waals surface area contributed by atoms with Crippen LogP contribution in [-0.4, -0.2) is 98.7 Å². The van der Waals surface area contributed by atoms with E-state index in [-0.39, 0.29) is 34.5 Å². The second kappa shape index (κ2) is 11.0. The van der Waals surface area contributed by atoms with Gasteiger partial charge in [-0.2, -0.15) is 21.7 Å². The number of hydrogen-bond donors (Lipinski definition) is 8. The molecule has 8 atom stereocenters. The van der Waals surface area contributed by atoms with Crippen molar-refractivity contribution in [3.05, 3.63) is 44.5 Å². The number of thioether (sulfide) groups is 1. The summed E-state index contributed by atoms with van der Waals surface area (Å²) in [5, 5.41) is 60.4. The average Bonchev–Trinajstić information content (AvgIpc) is 3.28. The van der Waals surface area contributed by atoms with Gasteiger partial charge in [0.15, 0.2) is 12.5 Å². The fourth-order valence-corrected chi connectivity index (χ4v) is 5.41. The van der Waals surface area contributed by atoms with Crippen molar-refractivity contribution in [1.82, 2.24) is 19.1 Å². The molecule has 0 radical (unpaired) electrons. The molecule has 2 fully saturated rings. The second-order valence-electron chi connectivity index (χ2n) is 8.60. The van der Waals surface area contributed by atoms with Gasteiger partial charge in [-0.15, -0.1) is 0 Å². The van der Waals surface area contributed by atoms with Gasteiger partial charge in [-0.3, -0.25) is 9.13 Å². The van der Waals surface area contributed by atoms with E-state index >= 15 is 0 Å². The van der Waals surface area contributed by atoms with Gasteiger partial charge >= 0.3 is 11.4 Å². The molecule has 2 aliphatic heterocycles. The van der Waals surface area contributed by atoms with Crippen molar-refractivity contribution in [1.29, 1.82) is 0 Å². The molecule has 0 aromatic carbocycles. The van der Waals surface area contributed by atoms with Crippen molar-refractivity contribution >= 4 is 23.4 Å². The van der Waals surface area contributed by atoms with E-state index in [4.69, 9.17) is 20.9 Å². The molecule has 0 unspecified atom stereocenters. The van der Waals surface area contributed by atoms with Crippen LogP contribution < -0.4 is 22.8 Å². The minimum Gasteiger partial charge on any atom is -0.394 e. The molecule has 204 valence electrons. The second-order valence-corrected chi connectivity index (χ2v) is 9.63. The summed E-state index contributed by atoms with van der Waals surface area (Å²) in [6, 6.07) is 2.62. The summed E-state index contributed by atoms with van der Waals surface area (Å²) in [6.45, 7) is -1.17. The van der Waals surface area contributed by atoms with Gasteiger partial charge in [0, 0.05) is 29.3 Å². The topological polar surface area (TPSA) is 262 Å². The Hall–Kier alpha value is -2.61. The lowest BCUT2D eigenvalue weighted by atomic mass is 10.1. The largest absolute Gasteiger partial charge is 0.394 e. The maximum atomic E-state index is 12.6. The number of hydrogen-bond acceptors (Lipinski definition) is 15. The summed E-state index contributed by atoms with van der Waals surface area (Å²) in [6.07, 6.45) is -10.6. The quantitative estimate of drug-likeness (QED) is 0.156. The number of nitrogens with two attached hydrogens (primary N) is 2. The van der Waals surface area contributed by atoms with Crippen LogP contribution in [0.25, 0.3) is 0 Å². The molecule has 0 spiro atoms. The molecule has 2 aromatic heterocycles. The highest BCUT2D eigenvalue weighted by Gasteiger charge is 2.46. The third-order valence-electron chi connectivity index (χ3n) is 6.17. The minimum absolute atomic E-state index is 0.0387. The fourth-order valence-electron chi connectivity index (χ4n) is 4.35. The molecular formula is C20H28N6O10S. The first-order valence-corrected chi connectivity index (χ1v) is 12.3. The average molecular weight is 545 g/mol. The Morgan fingerprint density at radius 1 is 0.811 bits per heavy atom. The van der Waals surface area contributed by atoms with Crippen LogP contribution in [0.2, 0.25) is 0 Å². The van der Waals surface area contributed by atoms with Crippen molar-refractivity contribution in [2.45, 2.75) is 61.4 Å². The van der Waals surface area contributed by atoms with Gasteiger partial charge in [-0.05, 0) is 0 Å². The van der Waals surface area contributed by atoms with Gasteiger partial charge in [-0.25, -0.2) is 9.59 Å². The van der Waals surface area contributed by atoms with Gasteiger partial charge in [0.05, 0.1) is 25.0 Å². The van der Waals surface area contributed by atoms with Crippen LogP contribution >= 0.6 is 11.8 Å². The highest BCUT2D eigenvalue weighted by molar-refractivity contribution is 7.98. The summed E-state index contributed by atoms with van der Waals surface area (Å²) < 4.78 is 13.1. The van der Waals surface area contributed by atoms with E-state index < -0.39 is 73.7 Å². The van der Waals surface area contributed by atoms with E-state index in [1.54, 1.807) is 0 Å². The molecule has 0 amide bonds. The van der Waals surface area contributed by atoms with Crippen LogP contribution in [0.15, 0.2) is 21.7 Å². The van der Waals surface area contributed by atoms with Gasteiger partial charge in [0.1, 0.15) is 42.2 Å². The number of ether oxygens (including phenoxy) is 2. The van der Waals surface area contributed by atoms with Crippen LogP contribution in [0, 0.1) is 0 Å². The number of anilines is 2. The van der Waals surface area contributed by atoms with E-state index in [0.29, 0.717) is 0 Å². The predicted octanol–water partition coefficient (Wildman–Crippen LogP) is -4.38. The Morgan fingerprint density at radius 3 is 1.81 bits per heavy atom. The third kappa shape index (κ3) is 5.22. The van der Waals surface area contributed by atoms with E-state index in [1.165, 1.54) is 12.1 Å². The van der Waals surface area contributed by atoms with Crippen LogP contribution in [0.3, 0.4) is 0 Å². The number of aliphatic hydroxyl groups is 6. The maximum absolute atomic E-state index is 12.6. The zero-order valence-electron chi connectivity index (χ0n) is 19.3. The van der Waals surface area contributed by atoms with Gasteiger partial charge in [0.25, 0.3) is 0 Å². The number of rotatable bonds is 8. The lowest BCUT2D eigenvalue weighted by Gasteiger charge is -2.22. The normalized spacial score (nSPS) is 31.7. The van der Waals surface area contributed by atoms with E-state index in [2.05, 4.69) is 9.97 Å². The molecular weight excluding hydrogens is 516 g/mol. The number of nitrogens with zero attached hydrogens (tertiary/aromatic N) is 4. The summed E-state index contributed by atoms with van der Waals surface area (Å²) in [5.41, 5.74) is 9.85. The molecule has 37 heavy (non-hydrogen) atoms. The number of aliphatic hydroxyl groups excluding tert-OH is 6. The van der Waals surface area contributed by atoms with Crippen molar-refractivity contribution in [2.75, 3.05) is 23.8 Å². The molecule has 2 aromatic rings. The maximum Gasteiger partial charge on any atom is 0.352 e. The first-order chi connectivity index (χ1) is 17.6. The van der Waals surface area contributed by atoms with Gasteiger partial charge in [0.2, 0.25) is 0 Å². The predicted molar refractivity (Wildman–Crippen MR) is 127 cm³/mol. The Morgan fingerprint density at radius 2 is 1.30 bits per heavy atom. The minimum atomic E-state index is -1.52. The van der Waals surface area contributed by atoms with Crippen molar-refractivity contribution in [3.63, 3.8) is 0 Å². The van der Waals surface area contributed by atoms with E-state index in [0.717, 1.165) is 20.9 Å². The zero-order chi connectivity index (χ0) is 27.0. The number of aromatic nitrogens is 4. The highest BCUT2D eigenvalue weighted by Crippen LogP contribution is 2.33. The molecule has 4 rings (SSSR count). The Kier molecular flexibility index (Phi) is 8.17. The number of nitrogen functional groups attached to an aromatic ring is 2. The smallest absolute Gasteiger partial charge is 0.352 e. The van der Waals surface area contributed by atoms with E-state index in [9.17, 15) is 40.2 Å². The Balaban J connectivity index is 1.50. The van der Waals surface area contributed by atoms with Crippen LogP contribution in [-0.2, 0) is 21.8 Å². The van der Waals surface area contributed by atoms with Crippen molar-refractivity contribution in [3.8, 4) is 0 Å². The molecule has 0 aliphatic carbocycles. The summed E-state index contributed by atoms with van der Waals surface area (Å²) in [5.74, 6) is -0.0648. The van der Waals surface area contributed by atoms with E-state index in [1.807, 2.05) is 0 Å². The molecule has 2 aliphatic rings. The summed E-state index contributed by atoms with van der Waals surface area (Å²) in [7, 11) is 0. The molecule has 2 saturated heterocycles. The summed E-state index contributed by atoms with van der Waals surface area (Å²) >= 11 is 1.16. The third-order valence-corrected chi connectivity index (χ3v) is 7.23. The fraction of sp³-hybridized carbons (Fsp3) is 0.600. The molecule has 16 nitrogen and oxygen atoms in total. The van der Waals surface area contributed by atoms with Crippen LogP contribution in [0.5, 0.6) is 0 Å². The lowest BCUT2D eigenvalue weighted by molar-refractivity contribution is -0.0559. The molecule has 4 heterocycles. The molecule has 10 N–H and O–H groups in total. The molecule has 0 bridgehead atoms. The zero-order valence-corrected chi connectivity index (χ0v) is 20.1. The van der Waals surface area contributed by atoms with Crippen molar-refractivity contribution < 1.29 is 40.1 Å². The van der Waals surface area contributed by atoms with Gasteiger partial charge < -0.3 is 51.6 Å². The first kappa shape index (κ1) is 27.4. The standard InChI is InChI=1S/C20H28N6O10S/c21-11-1-7(3-27)25(19(33)23-11)17-16(32)14(30)10(36-17)6-37-5-8-2-12(22)24-20(34)26(8)18-15(31)13(29)9(4-28)35-18/h1-2,9-10,13-18,27-32H,3-6H2,(H2,21,23,33)(H2,22,24,34)/t9-,10-,13-,14-,15-,16-,17-,18-/m1/s1. The SMILES string of the molecule is Nc1cc(CSC[C@H]2O[C@@H](n3c(CO)cc(N)nc3=O)[C@H](O)[C@@H]2O)n([C@@H]2O[C@H](CO)[C@@H](O)[C@H]2O)c(=O)n1. The van der Waals surface area contributed by atoms with Crippen LogP contribution in [0.4, 0.5) is 11.6 Å². The summed E-state index contributed by atoms with van der Waals surface area (Å²) in [4.78, 5) is 32.2. The highest BCUT2D eigenvalue weighted by atomic mass is 32.2. The Bertz CT molecular complexity index is 1240. The Labute approximate surface area is 212 Å².